The number of hydrogen-bond acceptors (Lipinski definition) is 5. The van der Waals surface area contributed by atoms with Crippen molar-refractivity contribution < 1.29 is 13.2 Å². The molecule has 200 valence electrons. The number of halogens is 1. The second kappa shape index (κ2) is 12.7. The average molecular weight is 544 g/mol. The summed E-state index contributed by atoms with van der Waals surface area (Å²) in [6.07, 6.45) is 0. The van der Waals surface area contributed by atoms with E-state index in [9.17, 15) is 8.42 Å². The van der Waals surface area contributed by atoms with E-state index in [2.05, 4.69) is 55.0 Å². The topological polar surface area (TPSA) is 53.1 Å². The lowest BCUT2D eigenvalue weighted by Gasteiger charge is -2.38. The fourth-order valence-electron chi connectivity index (χ4n) is 4.82. The van der Waals surface area contributed by atoms with Gasteiger partial charge in [0, 0.05) is 67.7 Å². The van der Waals surface area contributed by atoms with E-state index in [4.69, 9.17) is 16.3 Å². The molecule has 1 atom stereocenters. The van der Waals surface area contributed by atoms with Crippen molar-refractivity contribution in [1.29, 1.82) is 0 Å². The predicted octanol–water partition coefficient (Wildman–Crippen LogP) is 4.97. The van der Waals surface area contributed by atoms with Gasteiger partial charge in [0.15, 0.2) is 0 Å². The van der Waals surface area contributed by atoms with E-state index in [0.717, 1.165) is 25.1 Å². The molecule has 0 spiro atoms. The lowest BCUT2D eigenvalue weighted by molar-refractivity contribution is 0.0320. The maximum absolute atomic E-state index is 13.6. The van der Waals surface area contributed by atoms with Crippen LogP contribution in [0.4, 0.5) is 0 Å². The van der Waals surface area contributed by atoms with Crippen LogP contribution in [-0.2, 0) is 21.3 Å². The zero-order valence-electron chi connectivity index (χ0n) is 22.0. The predicted molar refractivity (Wildman–Crippen MR) is 152 cm³/mol. The Morgan fingerprint density at radius 2 is 1.57 bits per heavy atom. The standard InChI is InChI=1S/C29H38ClN3O3S/c1-23(2)21-36-22-25(31(3)19-24-9-5-4-6-10-24)20-32-15-17-33(18-16-32)37(34,35)29-14-8-11-26-27(29)12-7-13-28(26)30/h4-14,23,25H,15-22H2,1-3H3. The van der Waals surface area contributed by atoms with Gasteiger partial charge in [-0.1, -0.05) is 80.0 Å². The highest BCUT2D eigenvalue weighted by molar-refractivity contribution is 7.89. The Kier molecular flexibility index (Phi) is 9.62. The fourth-order valence-corrected chi connectivity index (χ4v) is 6.68. The molecule has 6 nitrogen and oxygen atoms in total. The van der Waals surface area contributed by atoms with Crippen molar-refractivity contribution in [2.45, 2.75) is 31.3 Å². The maximum Gasteiger partial charge on any atom is 0.243 e. The zero-order valence-corrected chi connectivity index (χ0v) is 23.6. The number of ether oxygens (including phenoxy) is 1. The Balaban J connectivity index is 1.42. The first-order valence-corrected chi connectivity index (χ1v) is 14.8. The summed E-state index contributed by atoms with van der Waals surface area (Å²) in [5.74, 6) is 0.484. The summed E-state index contributed by atoms with van der Waals surface area (Å²) in [4.78, 5) is 5.03. The van der Waals surface area contributed by atoms with Crippen LogP contribution in [0.1, 0.15) is 19.4 Å². The van der Waals surface area contributed by atoms with E-state index in [1.54, 1.807) is 28.6 Å². The van der Waals surface area contributed by atoms with Crippen molar-refractivity contribution in [3.8, 4) is 0 Å². The Morgan fingerprint density at radius 1 is 0.892 bits per heavy atom. The van der Waals surface area contributed by atoms with Crippen molar-refractivity contribution in [1.82, 2.24) is 14.1 Å². The van der Waals surface area contributed by atoms with Gasteiger partial charge in [-0.3, -0.25) is 9.80 Å². The van der Waals surface area contributed by atoms with Gasteiger partial charge in [-0.05, 0) is 30.7 Å². The van der Waals surface area contributed by atoms with Crippen LogP contribution in [-0.4, -0.2) is 81.5 Å². The Labute approximate surface area is 226 Å². The number of piperazine rings is 1. The third-order valence-corrected chi connectivity index (χ3v) is 9.19. The highest BCUT2D eigenvalue weighted by Gasteiger charge is 2.31. The molecular weight excluding hydrogens is 506 g/mol. The lowest BCUT2D eigenvalue weighted by atomic mass is 10.1. The molecule has 1 aliphatic rings. The van der Waals surface area contributed by atoms with Crippen molar-refractivity contribution >= 4 is 32.4 Å². The summed E-state index contributed by atoms with van der Waals surface area (Å²) < 4.78 is 34.9. The normalized spacial score (nSPS) is 16.6. The van der Waals surface area contributed by atoms with E-state index in [0.29, 0.717) is 54.0 Å². The molecule has 37 heavy (non-hydrogen) atoms. The van der Waals surface area contributed by atoms with Crippen molar-refractivity contribution in [3.63, 3.8) is 0 Å². The summed E-state index contributed by atoms with van der Waals surface area (Å²) >= 11 is 6.33. The van der Waals surface area contributed by atoms with Crippen LogP contribution in [0.25, 0.3) is 10.8 Å². The van der Waals surface area contributed by atoms with Crippen LogP contribution < -0.4 is 0 Å². The van der Waals surface area contributed by atoms with E-state index < -0.39 is 10.0 Å². The highest BCUT2D eigenvalue weighted by atomic mass is 35.5. The summed E-state index contributed by atoms with van der Waals surface area (Å²) in [5.41, 5.74) is 1.27. The highest BCUT2D eigenvalue weighted by Crippen LogP contribution is 2.30. The van der Waals surface area contributed by atoms with Gasteiger partial charge in [-0.25, -0.2) is 8.42 Å². The molecule has 1 aliphatic heterocycles. The molecule has 0 saturated carbocycles. The SMILES string of the molecule is CC(C)COCC(CN1CCN(S(=O)(=O)c2cccc3c(Cl)cccc23)CC1)N(C)Cc1ccccc1. The molecule has 3 aromatic carbocycles. The minimum Gasteiger partial charge on any atom is -0.380 e. The van der Waals surface area contributed by atoms with Gasteiger partial charge in [-0.15, -0.1) is 0 Å². The van der Waals surface area contributed by atoms with E-state index in [1.807, 2.05) is 18.2 Å². The molecule has 1 saturated heterocycles. The molecule has 0 bridgehead atoms. The van der Waals surface area contributed by atoms with Gasteiger partial charge in [0.05, 0.1) is 11.5 Å². The van der Waals surface area contributed by atoms with Crippen LogP contribution in [0.3, 0.4) is 0 Å². The molecule has 1 unspecified atom stereocenters. The van der Waals surface area contributed by atoms with Gasteiger partial charge in [0.25, 0.3) is 0 Å². The third-order valence-electron chi connectivity index (χ3n) is 6.91. The molecule has 4 rings (SSSR count). The van der Waals surface area contributed by atoms with Gasteiger partial charge >= 0.3 is 0 Å². The molecule has 0 amide bonds. The quantitative estimate of drug-likeness (QED) is 0.342. The van der Waals surface area contributed by atoms with Gasteiger partial charge in [0.2, 0.25) is 10.0 Å². The summed E-state index contributed by atoms with van der Waals surface area (Å²) in [7, 11) is -1.48. The number of fused-ring (bicyclic) bond motifs is 1. The van der Waals surface area contributed by atoms with E-state index in [-0.39, 0.29) is 6.04 Å². The molecule has 1 heterocycles. The Hall–Kier alpha value is -2.00. The molecule has 8 heteroatoms. The van der Waals surface area contributed by atoms with Gasteiger partial charge < -0.3 is 4.74 Å². The first-order chi connectivity index (χ1) is 17.8. The Morgan fingerprint density at radius 3 is 2.27 bits per heavy atom. The number of likely N-dealkylation sites (N-methyl/N-ethyl adjacent to an activating group) is 1. The zero-order chi connectivity index (χ0) is 26.4. The van der Waals surface area contributed by atoms with Crippen LogP contribution >= 0.6 is 11.6 Å². The largest absolute Gasteiger partial charge is 0.380 e. The molecular formula is C29H38ClN3O3S. The Bertz CT molecular complexity index is 1260. The van der Waals surface area contributed by atoms with Crippen molar-refractivity contribution in [3.05, 3.63) is 77.3 Å². The fraction of sp³-hybridized carbons (Fsp3) is 0.448. The smallest absolute Gasteiger partial charge is 0.243 e. The summed E-state index contributed by atoms with van der Waals surface area (Å²) in [6, 6.07) is 21.4. The van der Waals surface area contributed by atoms with E-state index in [1.165, 1.54) is 5.56 Å². The lowest BCUT2D eigenvalue weighted by Crippen LogP contribution is -2.53. The van der Waals surface area contributed by atoms with Gasteiger partial charge in [0.1, 0.15) is 0 Å². The van der Waals surface area contributed by atoms with Crippen molar-refractivity contribution in [2.24, 2.45) is 5.92 Å². The second-order valence-electron chi connectivity index (χ2n) is 10.3. The minimum absolute atomic E-state index is 0.210. The third kappa shape index (κ3) is 7.11. The van der Waals surface area contributed by atoms with Crippen LogP contribution in [0.5, 0.6) is 0 Å². The number of sulfonamides is 1. The maximum atomic E-state index is 13.6. The van der Waals surface area contributed by atoms with Crippen LogP contribution in [0.2, 0.25) is 5.02 Å². The summed E-state index contributed by atoms with van der Waals surface area (Å²) in [5, 5.41) is 1.99. The molecule has 0 N–H and O–H groups in total. The minimum atomic E-state index is -3.63. The van der Waals surface area contributed by atoms with Crippen LogP contribution in [0, 0.1) is 5.92 Å². The van der Waals surface area contributed by atoms with Crippen LogP contribution in [0.15, 0.2) is 71.6 Å². The van der Waals surface area contributed by atoms with Crippen molar-refractivity contribution in [2.75, 3.05) is 53.0 Å². The number of benzene rings is 3. The molecule has 1 fully saturated rings. The van der Waals surface area contributed by atoms with E-state index >= 15 is 0 Å². The number of hydrogen-bond donors (Lipinski definition) is 0. The number of nitrogens with zero attached hydrogens (tertiary/aromatic N) is 3. The molecule has 3 aromatic rings. The molecule has 0 aliphatic carbocycles. The number of rotatable bonds is 11. The molecule has 0 radical (unpaired) electrons. The monoisotopic (exact) mass is 543 g/mol. The van der Waals surface area contributed by atoms with Gasteiger partial charge in [-0.2, -0.15) is 4.31 Å². The average Bonchev–Trinajstić information content (AvgIpc) is 2.89. The first-order valence-electron chi connectivity index (χ1n) is 13.0. The second-order valence-corrected chi connectivity index (χ2v) is 12.6. The first kappa shape index (κ1) is 28.0. The summed E-state index contributed by atoms with van der Waals surface area (Å²) in [6.45, 7) is 9.66. The molecule has 0 aromatic heterocycles.